The highest BCUT2D eigenvalue weighted by atomic mass is 19.1. The van der Waals surface area contributed by atoms with Crippen molar-refractivity contribution >= 4 is 17.3 Å². The van der Waals surface area contributed by atoms with E-state index in [9.17, 15) is 4.39 Å². The van der Waals surface area contributed by atoms with Crippen molar-refractivity contribution in [1.29, 1.82) is 0 Å². The molecule has 0 aliphatic heterocycles. The molecule has 0 atom stereocenters. The number of rotatable bonds is 3. The first kappa shape index (κ1) is 11.3. The summed E-state index contributed by atoms with van der Waals surface area (Å²) in [5, 5.41) is 3.00. The summed E-state index contributed by atoms with van der Waals surface area (Å²) in [5.41, 5.74) is 3.61. The maximum absolute atomic E-state index is 13.3. The number of nitrogens with zero attached hydrogens (tertiary/aromatic N) is 2. The van der Waals surface area contributed by atoms with Crippen LogP contribution >= 0.6 is 0 Å². The molecule has 88 valence electrons. The zero-order chi connectivity index (χ0) is 12.3. The number of hydrogen-bond donors (Lipinski definition) is 3. The van der Waals surface area contributed by atoms with Crippen LogP contribution in [0.25, 0.3) is 0 Å². The van der Waals surface area contributed by atoms with Gasteiger partial charge in [0.25, 0.3) is 0 Å². The molecule has 0 aliphatic carbocycles. The summed E-state index contributed by atoms with van der Waals surface area (Å²) in [6.45, 7) is 1.70. The van der Waals surface area contributed by atoms with E-state index in [-0.39, 0.29) is 5.82 Å². The lowest BCUT2D eigenvalue weighted by Gasteiger charge is -2.09. The molecule has 0 unspecified atom stereocenters. The van der Waals surface area contributed by atoms with Gasteiger partial charge in [0.2, 0.25) is 0 Å². The number of nitrogens with two attached hydrogens (primary N) is 1. The van der Waals surface area contributed by atoms with Crippen molar-refractivity contribution in [2.24, 2.45) is 5.84 Å². The second-order valence-corrected chi connectivity index (χ2v) is 3.47. The Balaban J connectivity index is 2.28. The van der Waals surface area contributed by atoms with Crippen molar-refractivity contribution < 1.29 is 4.39 Å². The van der Waals surface area contributed by atoms with Crippen molar-refractivity contribution in [3.05, 3.63) is 42.0 Å². The second kappa shape index (κ2) is 4.75. The van der Waals surface area contributed by atoms with Crippen LogP contribution in [0.15, 0.2) is 30.6 Å². The Morgan fingerprint density at radius 1 is 1.24 bits per heavy atom. The fourth-order valence-electron chi connectivity index (χ4n) is 1.39. The van der Waals surface area contributed by atoms with Crippen LogP contribution in [0.5, 0.6) is 0 Å². The minimum absolute atomic E-state index is 0.263. The smallest absolute Gasteiger partial charge is 0.145 e. The highest BCUT2D eigenvalue weighted by molar-refractivity contribution is 5.62. The summed E-state index contributed by atoms with van der Waals surface area (Å²) in [4.78, 5) is 7.89. The number of hydrazine groups is 1. The van der Waals surface area contributed by atoms with Crippen LogP contribution in [-0.2, 0) is 0 Å². The van der Waals surface area contributed by atoms with E-state index in [0.29, 0.717) is 22.9 Å². The minimum Gasteiger partial charge on any atom is -0.340 e. The number of anilines is 3. The van der Waals surface area contributed by atoms with E-state index in [1.54, 1.807) is 25.1 Å². The van der Waals surface area contributed by atoms with Gasteiger partial charge in [-0.1, -0.05) is 6.07 Å². The molecule has 5 nitrogen and oxygen atoms in total. The Kier molecular flexibility index (Phi) is 3.15. The Hall–Kier alpha value is -2.21. The average Bonchev–Trinajstić information content (AvgIpc) is 2.35. The lowest BCUT2D eigenvalue weighted by molar-refractivity contribution is 0.619. The van der Waals surface area contributed by atoms with E-state index >= 15 is 0 Å². The van der Waals surface area contributed by atoms with E-state index in [2.05, 4.69) is 20.7 Å². The van der Waals surface area contributed by atoms with Crippen LogP contribution in [0.1, 0.15) is 5.56 Å². The van der Waals surface area contributed by atoms with Crippen molar-refractivity contribution in [2.45, 2.75) is 6.92 Å². The molecule has 2 rings (SSSR count). The molecule has 1 aromatic heterocycles. The summed E-state index contributed by atoms with van der Waals surface area (Å²) < 4.78 is 13.3. The van der Waals surface area contributed by atoms with Gasteiger partial charge in [0.15, 0.2) is 0 Å². The van der Waals surface area contributed by atoms with Crippen molar-refractivity contribution in [2.75, 3.05) is 10.7 Å². The molecular weight excluding hydrogens is 221 g/mol. The largest absolute Gasteiger partial charge is 0.340 e. The van der Waals surface area contributed by atoms with Crippen LogP contribution in [0.2, 0.25) is 0 Å². The molecule has 0 bridgehead atoms. The third-order valence-electron chi connectivity index (χ3n) is 2.35. The fourth-order valence-corrected chi connectivity index (χ4v) is 1.39. The maximum Gasteiger partial charge on any atom is 0.145 e. The summed E-state index contributed by atoms with van der Waals surface area (Å²) in [7, 11) is 0. The molecule has 0 fully saturated rings. The Morgan fingerprint density at radius 3 is 2.76 bits per heavy atom. The monoisotopic (exact) mass is 233 g/mol. The summed E-state index contributed by atoms with van der Waals surface area (Å²) in [6, 6.07) is 6.45. The van der Waals surface area contributed by atoms with Crippen LogP contribution in [0.3, 0.4) is 0 Å². The third-order valence-corrected chi connectivity index (χ3v) is 2.35. The second-order valence-electron chi connectivity index (χ2n) is 3.47. The van der Waals surface area contributed by atoms with Gasteiger partial charge in [-0.05, 0) is 19.1 Å². The predicted molar refractivity (Wildman–Crippen MR) is 64.3 cm³/mol. The standard InChI is InChI=1S/C11H12FN5/c1-7-8(12)3-2-4-9(7)16-10-5-11(17-13)15-6-14-10/h2-6H,13H2,1H3,(H2,14,15,16,17). The number of halogens is 1. The molecule has 1 aromatic carbocycles. The first-order valence-electron chi connectivity index (χ1n) is 5.01. The summed E-state index contributed by atoms with van der Waals surface area (Å²) >= 11 is 0. The molecule has 2 aromatic rings. The summed E-state index contributed by atoms with van der Waals surface area (Å²) in [6.07, 6.45) is 1.37. The highest BCUT2D eigenvalue weighted by Gasteiger charge is 2.04. The van der Waals surface area contributed by atoms with Gasteiger partial charge < -0.3 is 10.7 Å². The van der Waals surface area contributed by atoms with Gasteiger partial charge in [-0.2, -0.15) is 0 Å². The van der Waals surface area contributed by atoms with E-state index in [0.717, 1.165) is 0 Å². The quantitative estimate of drug-likeness (QED) is 0.558. The number of hydrogen-bond acceptors (Lipinski definition) is 5. The van der Waals surface area contributed by atoms with Gasteiger partial charge in [-0.25, -0.2) is 20.2 Å². The Morgan fingerprint density at radius 2 is 2.00 bits per heavy atom. The van der Waals surface area contributed by atoms with Gasteiger partial charge >= 0.3 is 0 Å². The van der Waals surface area contributed by atoms with Crippen LogP contribution in [0, 0.1) is 12.7 Å². The molecule has 0 spiro atoms. The molecule has 4 N–H and O–H groups in total. The van der Waals surface area contributed by atoms with Gasteiger partial charge in [0, 0.05) is 17.3 Å². The third kappa shape index (κ3) is 2.48. The Bertz CT molecular complexity index is 529. The lowest BCUT2D eigenvalue weighted by atomic mass is 10.2. The van der Waals surface area contributed by atoms with Gasteiger partial charge in [-0.3, -0.25) is 0 Å². The zero-order valence-corrected chi connectivity index (χ0v) is 9.24. The molecule has 6 heteroatoms. The summed E-state index contributed by atoms with van der Waals surface area (Å²) in [5.74, 6) is 6.00. The number of nitrogens with one attached hydrogen (secondary N) is 2. The molecule has 0 radical (unpaired) electrons. The van der Waals surface area contributed by atoms with Crippen molar-refractivity contribution in [3.63, 3.8) is 0 Å². The topological polar surface area (TPSA) is 75.9 Å². The van der Waals surface area contributed by atoms with Crippen molar-refractivity contribution in [3.8, 4) is 0 Å². The van der Waals surface area contributed by atoms with Crippen LogP contribution < -0.4 is 16.6 Å². The number of benzene rings is 1. The molecule has 17 heavy (non-hydrogen) atoms. The van der Waals surface area contributed by atoms with Crippen LogP contribution in [-0.4, -0.2) is 9.97 Å². The number of nitrogen functional groups attached to an aromatic ring is 1. The molecule has 1 heterocycles. The SMILES string of the molecule is Cc1c(F)cccc1Nc1cc(NN)ncn1. The van der Waals surface area contributed by atoms with E-state index < -0.39 is 0 Å². The van der Waals surface area contributed by atoms with Gasteiger partial charge in [-0.15, -0.1) is 0 Å². The van der Waals surface area contributed by atoms with Gasteiger partial charge in [0.1, 0.15) is 23.8 Å². The predicted octanol–water partition coefficient (Wildman–Crippen LogP) is 1.95. The lowest BCUT2D eigenvalue weighted by Crippen LogP contribution is -2.09. The number of aromatic nitrogens is 2. The van der Waals surface area contributed by atoms with Crippen molar-refractivity contribution in [1.82, 2.24) is 9.97 Å². The van der Waals surface area contributed by atoms with Gasteiger partial charge in [0.05, 0.1) is 0 Å². The maximum atomic E-state index is 13.3. The van der Waals surface area contributed by atoms with E-state index in [1.165, 1.54) is 12.4 Å². The minimum atomic E-state index is -0.263. The first-order chi connectivity index (χ1) is 8.20. The Labute approximate surface area is 97.9 Å². The highest BCUT2D eigenvalue weighted by Crippen LogP contribution is 2.21. The van der Waals surface area contributed by atoms with Crippen LogP contribution in [0.4, 0.5) is 21.7 Å². The average molecular weight is 233 g/mol. The molecular formula is C11H12FN5. The normalized spacial score (nSPS) is 10.1. The molecule has 0 saturated carbocycles. The van der Waals surface area contributed by atoms with E-state index in [1.807, 2.05) is 0 Å². The molecule has 0 saturated heterocycles. The van der Waals surface area contributed by atoms with E-state index in [4.69, 9.17) is 5.84 Å². The zero-order valence-electron chi connectivity index (χ0n) is 9.24. The molecule has 0 aliphatic rings. The fraction of sp³-hybridized carbons (Fsp3) is 0.0909. The molecule has 0 amide bonds. The first-order valence-corrected chi connectivity index (χ1v) is 5.01.